The number of halogens is 12. The minimum absolute atomic E-state index is 0.0460. The normalized spacial score (nSPS) is 14.8. The molecule has 12 rings (SSSR count). The molecule has 0 aliphatic carbocycles. The maximum atomic E-state index is 14.6. The van der Waals surface area contributed by atoms with Crippen molar-refractivity contribution in [3.8, 4) is 44.5 Å². The Kier molecular flexibility index (Phi) is 6.01. The zero-order chi connectivity index (χ0) is 40.3. The second-order valence-electron chi connectivity index (χ2n) is 15.5. The van der Waals surface area contributed by atoms with Gasteiger partial charge in [0.25, 0.3) is 0 Å². The Balaban J connectivity index is 1.21. The van der Waals surface area contributed by atoms with Crippen LogP contribution in [0.15, 0.2) is 97.1 Å². The molecule has 0 saturated heterocycles. The predicted molar refractivity (Wildman–Crippen MR) is 201 cm³/mol. The molecule has 14 heteroatoms. The summed E-state index contributed by atoms with van der Waals surface area (Å²) >= 11 is 0. The standard InChI is InChI=1S/C44H16B2F12/c47-41(48,49)19-3-7-31-26(12-19)30-16-22(44(56,57)58)14-28-24-6-2-18-10-34-37-23(5-1-17-9-33(45(31)40(28)30)38(24)36(18)35(17)37)27-13-21(43(53,54)55)15-29-25-11-20(42(50,51)52)4-8-32(25)46(34)39(27)29/h1-16H. The summed E-state index contributed by atoms with van der Waals surface area (Å²) in [5.74, 6) is 0. The molecule has 0 atom stereocenters. The molecule has 0 unspecified atom stereocenters. The molecule has 0 saturated carbocycles. The number of hydrogen-bond donors (Lipinski definition) is 0. The number of alkyl halides is 12. The molecule has 8 aromatic carbocycles. The Hall–Kier alpha value is -5.91. The van der Waals surface area contributed by atoms with E-state index in [4.69, 9.17) is 0 Å². The van der Waals surface area contributed by atoms with E-state index >= 15 is 0 Å². The summed E-state index contributed by atoms with van der Waals surface area (Å²) in [5.41, 5.74) is 0.479. The van der Waals surface area contributed by atoms with E-state index in [0.29, 0.717) is 76.2 Å². The summed E-state index contributed by atoms with van der Waals surface area (Å²) in [4.78, 5) is 0. The molecule has 0 radical (unpaired) electrons. The smallest absolute Gasteiger partial charge is 0.166 e. The first-order valence-corrected chi connectivity index (χ1v) is 18.0. The fourth-order valence-corrected chi connectivity index (χ4v) is 10.5. The maximum Gasteiger partial charge on any atom is 0.416 e. The molecule has 0 fully saturated rings. The molecule has 58 heavy (non-hydrogen) atoms. The fraction of sp³-hybridized carbons (Fsp3) is 0.0909. The molecule has 282 valence electrons. The number of benzene rings is 8. The van der Waals surface area contributed by atoms with E-state index in [1.807, 2.05) is 12.1 Å². The van der Waals surface area contributed by atoms with E-state index in [-0.39, 0.29) is 33.4 Å². The number of fused-ring (bicyclic) bond motifs is 10. The van der Waals surface area contributed by atoms with Crippen molar-refractivity contribution in [1.82, 2.24) is 0 Å². The summed E-state index contributed by atoms with van der Waals surface area (Å²) < 4.78 is 171. The molecule has 4 aliphatic rings. The molecule has 0 nitrogen and oxygen atoms in total. The highest BCUT2D eigenvalue weighted by molar-refractivity contribution is 7.03. The summed E-state index contributed by atoms with van der Waals surface area (Å²) in [6.45, 7) is -1.47. The molecule has 4 aliphatic heterocycles. The van der Waals surface area contributed by atoms with Gasteiger partial charge >= 0.3 is 24.7 Å². The Morgan fingerprint density at radius 2 is 0.603 bits per heavy atom. The average Bonchev–Trinajstić information content (AvgIpc) is 3.67. The summed E-state index contributed by atoms with van der Waals surface area (Å²) in [6.07, 6.45) is -19.2. The lowest BCUT2D eigenvalue weighted by molar-refractivity contribution is -0.138. The third kappa shape index (κ3) is 4.17. The Morgan fingerprint density at radius 1 is 0.276 bits per heavy atom. The second-order valence-corrected chi connectivity index (χ2v) is 15.5. The Morgan fingerprint density at radius 3 is 0.948 bits per heavy atom. The quantitative estimate of drug-likeness (QED) is 0.0816. The van der Waals surface area contributed by atoms with Crippen LogP contribution in [-0.2, 0) is 24.7 Å². The van der Waals surface area contributed by atoms with Crippen LogP contribution in [0.5, 0.6) is 0 Å². The van der Waals surface area contributed by atoms with Crippen molar-refractivity contribution in [2.75, 3.05) is 0 Å². The van der Waals surface area contributed by atoms with Crippen LogP contribution in [0.2, 0.25) is 0 Å². The summed E-state index contributed by atoms with van der Waals surface area (Å²) in [6, 6.07) is 20.7. The van der Waals surface area contributed by atoms with Gasteiger partial charge in [0.1, 0.15) is 0 Å². The van der Waals surface area contributed by atoms with Gasteiger partial charge in [-0.2, -0.15) is 52.7 Å². The van der Waals surface area contributed by atoms with Crippen molar-refractivity contribution in [2.45, 2.75) is 24.7 Å². The minimum Gasteiger partial charge on any atom is -0.166 e. The highest BCUT2D eigenvalue weighted by atomic mass is 19.4. The second kappa shape index (κ2) is 10.2. The van der Waals surface area contributed by atoms with Gasteiger partial charge in [-0.1, -0.05) is 93.4 Å². The minimum atomic E-state index is -4.84. The summed E-state index contributed by atoms with van der Waals surface area (Å²) in [7, 11) is 0. The largest absolute Gasteiger partial charge is 0.416 e. The highest BCUT2D eigenvalue weighted by Crippen LogP contribution is 2.49. The lowest BCUT2D eigenvalue weighted by atomic mass is 9.34. The van der Waals surface area contributed by atoms with E-state index < -0.39 is 60.4 Å². The van der Waals surface area contributed by atoms with Gasteiger partial charge < -0.3 is 0 Å². The van der Waals surface area contributed by atoms with Crippen LogP contribution < -0.4 is 32.8 Å². The number of hydrogen-bond acceptors (Lipinski definition) is 0. The van der Waals surface area contributed by atoms with Gasteiger partial charge in [-0.15, -0.1) is 0 Å². The van der Waals surface area contributed by atoms with Crippen molar-refractivity contribution >= 4 is 78.5 Å². The monoisotopic (exact) mass is 794 g/mol. The van der Waals surface area contributed by atoms with Gasteiger partial charge in [0.2, 0.25) is 13.4 Å². The Bertz CT molecular complexity index is 3020. The van der Waals surface area contributed by atoms with Crippen molar-refractivity contribution in [3.63, 3.8) is 0 Å². The van der Waals surface area contributed by atoms with Gasteiger partial charge in [0.05, 0.1) is 22.3 Å². The van der Waals surface area contributed by atoms with Crippen LogP contribution in [0.25, 0.3) is 76.8 Å². The van der Waals surface area contributed by atoms with E-state index in [1.54, 1.807) is 24.3 Å². The van der Waals surface area contributed by atoms with Gasteiger partial charge in [-0.05, 0) is 113 Å². The van der Waals surface area contributed by atoms with Crippen molar-refractivity contribution in [3.05, 3.63) is 119 Å². The Labute approximate surface area is 319 Å². The van der Waals surface area contributed by atoms with Gasteiger partial charge in [-0.3, -0.25) is 0 Å². The van der Waals surface area contributed by atoms with Crippen molar-refractivity contribution < 1.29 is 52.7 Å². The first-order valence-electron chi connectivity index (χ1n) is 18.0. The zero-order valence-electron chi connectivity index (χ0n) is 28.9. The van der Waals surface area contributed by atoms with Crippen LogP contribution in [0, 0.1) is 0 Å². The lowest BCUT2D eigenvalue weighted by Gasteiger charge is -2.31. The molecule has 0 spiro atoms. The molecule has 0 N–H and O–H groups in total. The van der Waals surface area contributed by atoms with Crippen LogP contribution in [-0.4, -0.2) is 13.4 Å². The zero-order valence-corrected chi connectivity index (χ0v) is 28.9. The van der Waals surface area contributed by atoms with Crippen molar-refractivity contribution in [2.24, 2.45) is 0 Å². The molecule has 8 aromatic rings. The molecule has 0 aromatic heterocycles. The van der Waals surface area contributed by atoms with E-state index in [1.165, 1.54) is 12.1 Å². The maximum absolute atomic E-state index is 14.6. The van der Waals surface area contributed by atoms with E-state index in [9.17, 15) is 52.7 Å². The topological polar surface area (TPSA) is 0 Å². The molecule has 0 bridgehead atoms. The highest BCUT2D eigenvalue weighted by Gasteiger charge is 2.47. The van der Waals surface area contributed by atoms with Gasteiger partial charge in [0.15, 0.2) is 0 Å². The molecular weight excluding hydrogens is 778 g/mol. The third-order valence-electron chi connectivity index (χ3n) is 12.7. The molecule has 0 amide bonds. The van der Waals surface area contributed by atoms with Gasteiger partial charge in [-0.25, -0.2) is 0 Å². The van der Waals surface area contributed by atoms with E-state index in [0.717, 1.165) is 48.5 Å². The van der Waals surface area contributed by atoms with E-state index in [2.05, 4.69) is 0 Å². The van der Waals surface area contributed by atoms with Crippen LogP contribution >= 0.6 is 0 Å². The van der Waals surface area contributed by atoms with Gasteiger partial charge in [0, 0.05) is 0 Å². The number of rotatable bonds is 0. The molecule has 4 heterocycles. The van der Waals surface area contributed by atoms with Crippen LogP contribution in [0.3, 0.4) is 0 Å². The third-order valence-corrected chi connectivity index (χ3v) is 12.7. The predicted octanol–water partition coefficient (Wildman–Crippen LogP) is 9.61. The van der Waals surface area contributed by atoms with Crippen LogP contribution in [0.4, 0.5) is 52.7 Å². The average molecular weight is 794 g/mol. The van der Waals surface area contributed by atoms with Crippen molar-refractivity contribution in [1.29, 1.82) is 0 Å². The SMILES string of the molecule is FC(F)(F)c1ccc2c(c1)-c1cc(C(F)(F)F)cc3c1B2c1cc2ccc4c5c(cc6ccc-3c1c6c25)B1c2ccc(C(F)(F)F)cc2-c2cc(C(F)(F)F)cc-4c21. The van der Waals surface area contributed by atoms with Crippen LogP contribution in [0.1, 0.15) is 22.3 Å². The first kappa shape index (κ1) is 34.2. The molecular formula is C44H16B2F12. The fourth-order valence-electron chi connectivity index (χ4n) is 10.5. The first-order chi connectivity index (χ1) is 27.3. The lowest BCUT2D eigenvalue weighted by Crippen LogP contribution is -2.53. The summed E-state index contributed by atoms with van der Waals surface area (Å²) in [5, 5.41) is 3.67.